The number of hydrogen-bond donors (Lipinski definition) is 1. The van der Waals surface area contributed by atoms with E-state index in [0.717, 1.165) is 24.8 Å². The molecule has 1 N–H and O–H groups in total. The minimum atomic E-state index is 0.926. The molecule has 0 spiro atoms. The van der Waals surface area contributed by atoms with Gasteiger partial charge in [-0.2, -0.15) is 0 Å². The van der Waals surface area contributed by atoms with E-state index in [0.29, 0.717) is 0 Å². The van der Waals surface area contributed by atoms with E-state index in [1.807, 2.05) is 18.2 Å². The molecule has 1 aliphatic rings. The summed E-state index contributed by atoms with van der Waals surface area (Å²) in [6.45, 7) is 2.07. The molecule has 0 amide bonds. The molecule has 82 valence electrons. The monoisotopic (exact) mass is 205 g/mol. The first-order valence-electron chi connectivity index (χ1n) is 5.86. The minimum absolute atomic E-state index is 0.926. The second kappa shape index (κ2) is 5.76. The second-order valence-electron chi connectivity index (χ2n) is 4.21. The fourth-order valence-electron chi connectivity index (χ4n) is 1.67. The summed E-state index contributed by atoms with van der Waals surface area (Å²) in [5.41, 5.74) is 0. The summed E-state index contributed by atoms with van der Waals surface area (Å²) in [5, 5.41) is 3.40. The lowest BCUT2D eigenvalue weighted by molar-refractivity contribution is 0.556. The Kier molecular flexibility index (Phi) is 4.03. The van der Waals surface area contributed by atoms with Crippen LogP contribution in [0.25, 0.3) is 6.08 Å². The van der Waals surface area contributed by atoms with Crippen molar-refractivity contribution in [2.24, 2.45) is 5.92 Å². The Bertz CT molecular complexity index is 285. The Hall–Kier alpha value is -1.02. The lowest BCUT2D eigenvalue weighted by Crippen LogP contribution is -2.14. The lowest BCUT2D eigenvalue weighted by Gasteiger charge is -1.99. The molecule has 0 radical (unpaired) electrons. The fraction of sp³-hybridized carbons (Fsp3) is 0.538. The van der Waals surface area contributed by atoms with Crippen LogP contribution >= 0.6 is 0 Å². The van der Waals surface area contributed by atoms with Crippen molar-refractivity contribution in [3.8, 4) is 0 Å². The average Bonchev–Trinajstić information content (AvgIpc) is 2.92. The standard InChI is InChI=1S/C13H19NO/c1(4-12-7-8-12)9-14-10-2-5-13-6-3-11-15-13/h2-3,5-6,11-12,14H,1,4,7-10H2/b5-2+. The molecule has 0 saturated heterocycles. The van der Waals surface area contributed by atoms with Crippen molar-refractivity contribution in [3.05, 3.63) is 30.2 Å². The van der Waals surface area contributed by atoms with E-state index in [4.69, 9.17) is 4.42 Å². The van der Waals surface area contributed by atoms with Crippen LogP contribution in [-0.2, 0) is 0 Å². The van der Waals surface area contributed by atoms with E-state index in [2.05, 4.69) is 11.4 Å². The summed E-state index contributed by atoms with van der Waals surface area (Å²) in [7, 11) is 0. The second-order valence-corrected chi connectivity index (χ2v) is 4.21. The van der Waals surface area contributed by atoms with Crippen molar-refractivity contribution in [2.45, 2.75) is 25.7 Å². The van der Waals surface area contributed by atoms with Gasteiger partial charge in [-0.15, -0.1) is 0 Å². The van der Waals surface area contributed by atoms with Crippen LogP contribution in [0, 0.1) is 5.92 Å². The van der Waals surface area contributed by atoms with E-state index in [9.17, 15) is 0 Å². The van der Waals surface area contributed by atoms with Crippen molar-refractivity contribution in [2.75, 3.05) is 13.1 Å². The quantitative estimate of drug-likeness (QED) is 0.692. The molecule has 2 rings (SSSR count). The van der Waals surface area contributed by atoms with Gasteiger partial charge < -0.3 is 9.73 Å². The molecular weight excluding hydrogens is 186 g/mol. The van der Waals surface area contributed by atoms with Crippen molar-refractivity contribution in [3.63, 3.8) is 0 Å². The van der Waals surface area contributed by atoms with Crippen molar-refractivity contribution in [1.29, 1.82) is 0 Å². The third kappa shape index (κ3) is 4.34. The number of nitrogens with one attached hydrogen (secondary N) is 1. The number of rotatable bonds is 7. The van der Waals surface area contributed by atoms with Gasteiger partial charge in [-0.25, -0.2) is 0 Å². The van der Waals surface area contributed by atoms with Crippen LogP contribution in [0.2, 0.25) is 0 Å². The summed E-state index contributed by atoms with van der Waals surface area (Å²) < 4.78 is 5.19. The molecule has 0 atom stereocenters. The molecule has 0 unspecified atom stereocenters. The molecule has 1 saturated carbocycles. The van der Waals surface area contributed by atoms with Crippen molar-refractivity contribution < 1.29 is 4.42 Å². The summed E-state index contributed by atoms with van der Waals surface area (Å²) >= 11 is 0. The lowest BCUT2D eigenvalue weighted by atomic mass is 10.2. The average molecular weight is 205 g/mol. The zero-order chi connectivity index (χ0) is 10.3. The third-order valence-electron chi connectivity index (χ3n) is 2.75. The van der Waals surface area contributed by atoms with Gasteiger partial charge in [-0.1, -0.05) is 18.9 Å². The van der Waals surface area contributed by atoms with Crippen LogP contribution in [0.15, 0.2) is 28.9 Å². The first-order chi connectivity index (χ1) is 7.45. The zero-order valence-corrected chi connectivity index (χ0v) is 9.11. The molecule has 0 aromatic carbocycles. The first-order valence-corrected chi connectivity index (χ1v) is 5.86. The molecular formula is C13H19NO. The zero-order valence-electron chi connectivity index (χ0n) is 9.11. The van der Waals surface area contributed by atoms with Gasteiger partial charge in [0.2, 0.25) is 0 Å². The van der Waals surface area contributed by atoms with Gasteiger partial charge >= 0.3 is 0 Å². The van der Waals surface area contributed by atoms with Gasteiger partial charge in [0.05, 0.1) is 6.26 Å². The van der Waals surface area contributed by atoms with Gasteiger partial charge in [-0.3, -0.25) is 0 Å². The van der Waals surface area contributed by atoms with Gasteiger partial charge in [-0.05, 0) is 43.5 Å². The molecule has 2 nitrogen and oxygen atoms in total. The molecule has 15 heavy (non-hydrogen) atoms. The van der Waals surface area contributed by atoms with Crippen molar-refractivity contribution >= 4 is 6.08 Å². The maximum Gasteiger partial charge on any atom is 0.126 e. The molecule has 0 aliphatic heterocycles. The first kappa shape index (κ1) is 10.5. The maximum atomic E-state index is 5.19. The van der Waals surface area contributed by atoms with Gasteiger partial charge in [0, 0.05) is 6.54 Å². The SMILES string of the molecule is C(=C\c1ccco1)/CNCCCC1CC1. The highest BCUT2D eigenvalue weighted by Crippen LogP contribution is 2.33. The Labute approximate surface area is 91.4 Å². The topological polar surface area (TPSA) is 25.2 Å². The van der Waals surface area contributed by atoms with E-state index < -0.39 is 0 Å². The fourth-order valence-corrected chi connectivity index (χ4v) is 1.67. The number of furan rings is 1. The highest BCUT2D eigenvalue weighted by atomic mass is 16.3. The van der Waals surface area contributed by atoms with E-state index in [-0.39, 0.29) is 0 Å². The Morgan fingerprint density at radius 1 is 1.47 bits per heavy atom. The third-order valence-corrected chi connectivity index (χ3v) is 2.75. The van der Waals surface area contributed by atoms with Crippen LogP contribution < -0.4 is 5.32 Å². The largest absolute Gasteiger partial charge is 0.465 e. The predicted octanol–water partition coefficient (Wildman–Crippen LogP) is 3.07. The van der Waals surface area contributed by atoms with Crippen LogP contribution in [0.1, 0.15) is 31.4 Å². The van der Waals surface area contributed by atoms with Crippen LogP contribution in [0.3, 0.4) is 0 Å². The van der Waals surface area contributed by atoms with E-state index in [1.165, 1.54) is 25.7 Å². The molecule has 1 aromatic heterocycles. The molecule has 1 aliphatic carbocycles. The van der Waals surface area contributed by atoms with E-state index >= 15 is 0 Å². The van der Waals surface area contributed by atoms with Crippen LogP contribution in [0.4, 0.5) is 0 Å². The minimum Gasteiger partial charge on any atom is -0.465 e. The molecule has 2 heteroatoms. The molecule has 1 fully saturated rings. The van der Waals surface area contributed by atoms with Crippen molar-refractivity contribution in [1.82, 2.24) is 5.32 Å². The van der Waals surface area contributed by atoms with E-state index in [1.54, 1.807) is 6.26 Å². The normalized spacial score (nSPS) is 16.3. The Morgan fingerprint density at radius 2 is 2.40 bits per heavy atom. The number of hydrogen-bond acceptors (Lipinski definition) is 2. The van der Waals surface area contributed by atoms with Gasteiger partial charge in [0.15, 0.2) is 0 Å². The summed E-state index contributed by atoms with van der Waals surface area (Å²) in [5.74, 6) is 1.99. The summed E-state index contributed by atoms with van der Waals surface area (Å²) in [4.78, 5) is 0. The van der Waals surface area contributed by atoms with Crippen LogP contribution in [-0.4, -0.2) is 13.1 Å². The molecule has 1 heterocycles. The van der Waals surface area contributed by atoms with Gasteiger partial charge in [0.1, 0.15) is 5.76 Å². The maximum absolute atomic E-state index is 5.19. The predicted molar refractivity (Wildman–Crippen MR) is 62.6 cm³/mol. The smallest absolute Gasteiger partial charge is 0.126 e. The summed E-state index contributed by atoms with van der Waals surface area (Å²) in [6.07, 6.45) is 11.5. The molecule has 1 aromatic rings. The Morgan fingerprint density at radius 3 is 3.13 bits per heavy atom. The van der Waals surface area contributed by atoms with Crippen LogP contribution in [0.5, 0.6) is 0 Å². The molecule has 0 bridgehead atoms. The Balaban J connectivity index is 1.47. The highest BCUT2D eigenvalue weighted by Gasteiger charge is 2.19. The summed E-state index contributed by atoms with van der Waals surface area (Å²) in [6, 6.07) is 3.87. The van der Waals surface area contributed by atoms with Gasteiger partial charge in [0.25, 0.3) is 0 Å². The highest BCUT2D eigenvalue weighted by molar-refractivity contribution is 5.42.